The van der Waals surface area contributed by atoms with Gasteiger partial charge in [0.1, 0.15) is 0 Å². The second-order valence-corrected chi connectivity index (χ2v) is 16.9. The number of aliphatic hydroxyl groups is 2. The van der Waals surface area contributed by atoms with Gasteiger partial charge in [0.2, 0.25) is 5.91 Å². The molecule has 0 aliphatic rings. The van der Waals surface area contributed by atoms with Crippen LogP contribution in [0.15, 0.2) is 24.3 Å². The third-order valence-corrected chi connectivity index (χ3v) is 11.5. The van der Waals surface area contributed by atoms with E-state index in [9.17, 15) is 15.0 Å². The van der Waals surface area contributed by atoms with E-state index in [4.69, 9.17) is 0 Å². The van der Waals surface area contributed by atoms with Gasteiger partial charge in [-0.15, -0.1) is 0 Å². The highest BCUT2D eigenvalue weighted by Gasteiger charge is 2.20. The molecule has 0 saturated heterocycles. The van der Waals surface area contributed by atoms with Gasteiger partial charge in [-0.25, -0.2) is 0 Å². The van der Waals surface area contributed by atoms with Crippen molar-refractivity contribution in [2.45, 2.75) is 283 Å². The molecule has 0 spiro atoms. The van der Waals surface area contributed by atoms with Gasteiger partial charge in [0, 0.05) is 6.42 Å². The van der Waals surface area contributed by atoms with Gasteiger partial charge in [-0.2, -0.15) is 0 Å². The van der Waals surface area contributed by atoms with Crippen LogP contribution in [0.1, 0.15) is 271 Å². The zero-order valence-corrected chi connectivity index (χ0v) is 36.8. The summed E-state index contributed by atoms with van der Waals surface area (Å²) in [5.41, 5.74) is 0. The minimum absolute atomic E-state index is 0.0363. The molecule has 0 aliphatic carbocycles. The molecule has 0 rings (SSSR count). The fraction of sp³-hybridized carbons (Fsp3) is 0.900. The SMILES string of the molecule is CCCCCC/C=C\C/C=C\CCCCCCCCCC(=O)NC(CO)C(O)CCCCCCCCCCCCCCCCCCCCCCCCCC. The van der Waals surface area contributed by atoms with Crippen molar-refractivity contribution < 1.29 is 15.0 Å². The van der Waals surface area contributed by atoms with Crippen molar-refractivity contribution in [3.05, 3.63) is 24.3 Å². The fourth-order valence-electron chi connectivity index (χ4n) is 7.69. The molecule has 320 valence electrons. The van der Waals surface area contributed by atoms with Crippen LogP contribution in [0.5, 0.6) is 0 Å². The van der Waals surface area contributed by atoms with Crippen LogP contribution in [-0.4, -0.2) is 34.9 Å². The molecule has 0 heterocycles. The molecular weight excluding hydrogens is 663 g/mol. The number of hydrogen-bond acceptors (Lipinski definition) is 3. The minimum atomic E-state index is -0.662. The van der Waals surface area contributed by atoms with Gasteiger partial charge in [0.25, 0.3) is 0 Å². The molecule has 0 bridgehead atoms. The Morgan fingerprint density at radius 2 is 0.759 bits per heavy atom. The molecule has 4 nitrogen and oxygen atoms in total. The lowest BCUT2D eigenvalue weighted by Gasteiger charge is -2.22. The number of aliphatic hydroxyl groups excluding tert-OH is 2. The van der Waals surface area contributed by atoms with Crippen molar-refractivity contribution >= 4 is 5.91 Å². The molecular formula is C50H97NO3. The van der Waals surface area contributed by atoms with E-state index in [0.29, 0.717) is 12.8 Å². The van der Waals surface area contributed by atoms with Crippen LogP contribution < -0.4 is 5.32 Å². The first-order chi connectivity index (χ1) is 26.7. The summed E-state index contributed by atoms with van der Waals surface area (Å²) in [6.07, 6.45) is 59.9. The Hall–Kier alpha value is -1.13. The Bertz CT molecular complexity index is 780. The van der Waals surface area contributed by atoms with Crippen LogP contribution in [0, 0.1) is 0 Å². The first-order valence-electron chi connectivity index (χ1n) is 24.5. The predicted octanol–water partition coefficient (Wildman–Crippen LogP) is 15.6. The summed E-state index contributed by atoms with van der Waals surface area (Å²) in [7, 11) is 0. The molecule has 2 atom stereocenters. The summed E-state index contributed by atoms with van der Waals surface area (Å²) in [6.45, 7) is 4.36. The molecule has 0 saturated carbocycles. The summed E-state index contributed by atoms with van der Waals surface area (Å²) in [5, 5.41) is 23.3. The molecule has 0 fully saturated rings. The van der Waals surface area contributed by atoms with Crippen LogP contribution in [0.3, 0.4) is 0 Å². The summed E-state index contributed by atoms with van der Waals surface area (Å²) in [6, 6.07) is -0.539. The number of allylic oxidation sites excluding steroid dienone is 4. The molecule has 0 aromatic heterocycles. The lowest BCUT2D eigenvalue weighted by atomic mass is 10.0. The van der Waals surface area contributed by atoms with Crippen molar-refractivity contribution in [1.82, 2.24) is 5.32 Å². The van der Waals surface area contributed by atoms with E-state index in [0.717, 1.165) is 32.1 Å². The van der Waals surface area contributed by atoms with Crippen LogP contribution in [0.4, 0.5) is 0 Å². The first kappa shape index (κ1) is 52.9. The molecule has 0 aliphatic heterocycles. The first-order valence-corrected chi connectivity index (χ1v) is 24.5. The van der Waals surface area contributed by atoms with E-state index in [1.165, 1.54) is 212 Å². The Morgan fingerprint density at radius 3 is 1.13 bits per heavy atom. The summed E-state index contributed by atoms with van der Waals surface area (Å²) >= 11 is 0. The van der Waals surface area contributed by atoms with Gasteiger partial charge in [0.15, 0.2) is 0 Å². The highest BCUT2D eigenvalue weighted by atomic mass is 16.3. The lowest BCUT2D eigenvalue weighted by Crippen LogP contribution is -2.45. The van der Waals surface area contributed by atoms with Crippen LogP contribution in [0.2, 0.25) is 0 Å². The average Bonchev–Trinajstić information content (AvgIpc) is 3.18. The van der Waals surface area contributed by atoms with Crippen molar-refractivity contribution in [2.75, 3.05) is 6.61 Å². The van der Waals surface area contributed by atoms with Gasteiger partial charge in [-0.05, 0) is 44.9 Å². The zero-order chi connectivity index (χ0) is 39.3. The van der Waals surface area contributed by atoms with E-state index in [1.807, 2.05) is 0 Å². The Morgan fingerprint density at radius 1 is 0.444 bits per heavy atom. The van der Waals surface area contributed by atoms with E-state index < -0.39 is 12.1 Å². The standard InChI is InChI=1S/C50H97NO3/c1-3-5-7-9-11-13-15-17-19-21-23-24-25-26-27-28-29-31-33-35-37-39-41-43-45-49(53)48(47-52)51-50(54)46-44-42-40-38-36-34-32-30-22-20-18-16-14-12-10-8-6-4-2/h14,16,20,22,48-49,52-53H,3-13,15,17-19,21,23-47H2,1-2H3,(H,51,54)/b16-14-,22-20-. The van der Waals surface area contributed by atoms with Gasteiger partial charge >= 0.3 is 0 Å². The third kappa shape index (κ3) is 42.0. The zero-order valence-electron chi connectivity index (χ0n) is 36.8. The lowest BCUT2D eigenvalue weighted by molar-refractivity contribution is -0.123. The second-order valence-electron chi connectivity index (χ2n) is 16.9. The van der Waals surface area contributed by atoms with Crippen LogP contribution in [0.25, 0.3) is 0 Å². The molecule has 0 aromatic rings. The monoisotopic (exact) mass is 760 g/mol. The van der Waals surface area contributed by atoms with E-state index in [-0.39, 0.29) is 12.5 Å². The third-order valence-electron chi connectivity index (χ3n) is 11.5. The van der Waals surface area contributed by atoms with Gasteiger partial charge in [-0.1, -0.05) is 244 Å². The maximum absolute atomic E-state index is 12.4. The molecule has 0 radical (unpaired) electrons. The number of carbonyl (C=O) groups is 1. The molecule has 0 aromatic carbocycles. The summed E-state index contributed by atoms with van der Waals surface area (Å²) in [5.74, 6) is -0.0363. The molecule has 4 heteroatoms. The normalized spacial score (nSPS) is 13.0. The second kappa shape index (κ2) is 46.3. The topological polar surface area (TPSA) is 69.6 Å². The number of nitrogens with one attached hydrogen (secondary N) is 1. The molecule has 2 unspecified atom stereocenters. The average molecular weight is 760 g/mol. The largest absolute Gasteiger partial charge is 0.394 e. The smallest absolute Gasteiger partial charge is 0.220 e. The Labute approximate surface area is 339 Å². The Balaban J connectivity index is 3.47. The van der Waals surface area contributed by atoms with Gasteiger partial charge in [0.05, 0.1) is 18.8 Å². The van der Waals surface area contributed by atoms with Gasteiger partial charge in [-0.3, -0.25) is 4.79 Å². The molecule has 1 amide bonds. The van der Waals surface area contributed by atoms with Crippen LogP contribution >= 0.6 is 0 Å². The maximum Gasteiger partial charge on any atom is 0.220 e. The summed E-state index contributed by atoms with van der Waals surface area (Å²) in [4.78, 5) is 12.4. The fourth-order valence-corrected chi connectivity index (χ4v) is 7.69. The van der Waals surface area contributed by atoms with Crippen molar-refractivity contribution in [3.8, 4) is 0 Å². The highest BCUT2D eigenvalue weighted by Crippen LogP contribution is 2.17. The van der Waals surface area contributed by atoms with Gasteiger partial charge < -0.3 is 15.5 Å². The van der Waals surface area contributed by atoms with Crippen LogP contribution in [-0.2, 0) is 4.79 Å². The number of hydrogen-bond donors (Lipinski definition) is 3. The van der Waals surface area contributed by atoms with E-state index in [1.54, 1.807) is 0 Å². The molecule has 3 N–H and O–H groups in total. The van der Waals surface area contributed by atoms with Crippen molar-refractivity contribution in [1.29, 1.82) is 0 Å². The highest BCUT2D eigenvalue weighted by molar-refractivity contribution is 5.76. The maximum atomic E-state index is 12.4. The quantitative estimate of drug-likeness (QED) is 0.0428. The minimum Gasteiger partial charge on any atom is -0.394 e. The number of rotatable bonds is 45. The van der Waals surface area contributed by atoms with Crippen molar-refractivity contribution in [3.63, 3.8) is 0 Å². The number of amides is 1. The Kier molecular flexibility index (Phi) is 45.3. The molecule has 54 heavy (non-hydrogen) atoms. The predicted molar refractivity (Wildman–Crippen MR) is 239 cm³/mol. The van der Waals surface area contributed by atoms with E-state index in [2.05, 4.69) is 43.5 Å². The van der Waals surface area contributed by atoms with E-state index >= 15 is 0 Å². The number of unbranched alkanes of at least 4 members (excludes halogenated alkanes) is 34. The number of carbonyl (C=O) groups excluding carboxylic acids is 1. The van der Waals surface area contributed by atoms with Crippen molar-refractivity contribution in [2.24, 2.45) is 0 Å². The summed E-state index contributed by atoms with van der Waals surface area (Å²) < 4.78 is 0.